The number of rotatable bonds is 6. The van der Waals surface area contributed by atoms with Gasteiger partial charge in [0.25, 0.3) is 29.1 Å². The maximum Gasteiger partial charge on any atom is 0.275 e. The molecule has 0 aromatic heterocycles. The molecule has 3 fully saturated rings. The lowest BCUT2D eigenvalue weighted by Crippen LogP contribution is -2.50. The van der Waals surface area contributed by atoms with Crippen LogP contribution < -0.4 is 0 Å². The highest BCUT2D eigenvalue weighted by molar-refractivity contribution is 6.30. The van der Waals surface area contributed by atoms with Gasteiger partial charge in [0.1, 0.15) is 0 Å². The highest BCUT2D eigenvalue weighted by Gasteiger charge is 2.62. The molecule has 3 aliphatic rings. The van der Waals surface area contributed by atoms with Gasteiger partial charge in [-0.1, -0.05) is 17.7 Å². The van der Waals surface area contributed by atoms with Crippen LogP contribution in [0.15, 0.2) is 42.5 Å². The molecular weight excluding hydrogens is 480 g/mol. The van der Waals surface area contributed by atoms with Crippen LogP contribution in [-0.2, 0) is 16.1 Å². The van der Waals surface area contributed by atoms with Gasteiger partial charge in [-0.15, -0.1) is 0 Å². The number of amides is 3. The molecule has 0 N–H and O–H groups in total. The smallest absolute Gasteiger partial charge is 0.272 e. The van der Waals surface area contributed by atoms with E-state index in [1.165, 1.54) is 30.3 Å². The third kappa shape index (κ3) is 3.72. The van der Waals surface area contributed by atoms with E-state index in [1.807, 2.05) is 0 Å². The molecule has 1 heterocycles. The summed E-state index contributed by atoms with van der Waals surface area (Å²) < 4.78 is 0. The normalized spacial score (nSPS) is 24.5. The molecule has 5 rings (SSSR count). The summed E-state index contributed by atoms with van der Waals surface area (Å²) in [6.45, 7) is -0.471. The Kier molecular flexibility index (Phi) is 5.51. The van der Waals surface area contributed by atoms with Gasteiger partial charge in [0.15, 0.2) is 0 Å². The van der Waals surface area contributed by atoms with Crippen LogP contribution >= 0.6 is 11.6 Å². The molecule has 35 heavy (non-hydrogen) atoms. The topological polar surface area (TPSA) is 144 Å². The molecule has 11 nitrogen and oxygen atoms in total. The average Bonchev–Trinajstić information content (AvgIpc) is 3.52. The Hall–Kier alpha value is -3.86. The summed E-state index contributed by atoms with van der Waals surface area (Å²) in [5, 5.41) is 24.7. The number of nitro groups is 2. The first-order valence-corrected chi connectivity index (χ1v) is 11.4. The first kappa shape index (κ1) is 22.9. The Balaban J connectivity index is 1.58. The molecule has 2 aromatic carbocycles. The summed E-state index contributed by atoms with van der Waals surface area (Å²) in [6, 6.07) is 8.77. The highest BCUT2D eigenvalue weighted by atomic mass is 35.5. The first-order valence-electron chi connectivity index (χ1n) is 11.0. The van der Waals surface area contributed by atoms with Crippen LogP contribution in [0.2, 0.25) is 5.02 Å². The summed E-state index contributed by atoms with van der Waals surface area (Å²) in [5.41, 5.74) is -0.800. The van der Waals surface area contributed by atoms with E-state index < -0.39 is 45.9 Å². The second-order valence-electron chi connectivity index (χ2n) is 9.07. The molecule has 2 saturated carbocycles. The van der Waals surface area contributed by atoms with Crippen molar-refractivity contribution in [2.75, 3.05) is 0 Å². The lowest BCUT2D eigenvalue weighted by molar-refractivity contribution is -0.385. The van der Waals surface area contributed by atoms with E-state index in [2.05, 4.69) is 0 Å². The fourth-order valence-electron chi connectivity index (χ4n) is 5.77. The van der Waals surface area contributed by atoms with Crippen LogP contribution in [0, 0.1) is 43.9 Å². The average molecular weight is 499 g/mol. The van der Waals surface area contributed by atoms with Gasteiger partial charge in [-0.2, -0.15) is 5.01 Å². The highest BCUT2D eigenvalue weighted by Crippen LogP contribution is 2.56. The predicted molar refractivity (Wildman–Crippen MR) is 121 cm³/mol. The van der Waals surface area contributed by atoms with E-state index in [9.17, 15) is 34.6 Å². The number of nitro benzene ring substituents is 2. The summed E-state index contributed by atoms with van der Waals surface area (Å²) in [6.07, 6.45) is 2.46. The predicted octanol–water partition coefficient (Wildman–Crippen LogP) is 3.74. The zero-order valence-electron chi connectivity index (χ0n) is 18.2. The molecule has 2 aromatic rings. The Bertz CT molecular complexity index is 1270. The van der Waals surface area contributed by atoms with E-state index in [-0.39, 0.29) is 39.4 Å². The maximum absolute atomic E-state index is 13.6. The number of nitrogens with zero attached hydrogens (tertiary/aromatic N) is 4. The monoisotopic (exact) mass is 498 g/mol. The minimum atomic E-state index is -0.855. The van der Waals surface area contributed by atoms with Crippen LogP contribution in [-0.4, -0.2) is 37.6 Å². The Labute approximate surface area is 203 Å². The van der Waals surface area contributed by atoms with Crippen molar-refractivity contribution in [2.24, 2.45) is 23.7 Å². The molecule has 2 aliphatic carbocycles. The zero-order chi connectivity index (χ0) is 25.0. The summed E-state index contributed by atoms with van der Waals surface area (Å²) >= 11 is 5.91. The molecule has 4 atom stereocenters. The second kappa shape index (κ2) is 8.42. The van der Waals surface area contributed by atoms with Gasteiger partial charge in [-0.25, -0.2) is 5.01 Å². The standard InChI is InChI=1S/C23H19ClN4O7/c24-16-7-6-15(18(10-16)28(34)35)11-25(21(29)14-2-1-3-17(9-14)27(32)33)26-22(30)19-12-4-5-13(8-12)20(19)23(26)31/h1-3,6-7,9-10,12-13,19-20H,4-5,8,11H2/t12-,13-,19-,20-/m0/s1. The number of halogens is 1. The minimum Gasteiger partial charge on any atom is -0.272 e. The summed E-state index contributed by atoms with van der Waals surface area (Å²) in [4.78, 5) is 62.1. The van der Waals surface area contributed by atoms with Gasteiger partial charge in [0.2, 0.25) is 0 Å². The van der Waals surface area contributed by atoms with Crippen molar-refractivity contribution >= 4 is 40.7 Å². The van der Waals surface area contributed by atoms with Crippen molar-refractivity contribution < 1.29 is 24.2 Å². The van der Waals surface area contributed by atoms with Gasteiger partial charge in [-0.3, -0.25) is 34.6 Å². The van der Waals surface area contributed by atoms with Crippen molar-refractivity contribution in [1.82, 2.24) is 10.0 Å². The van der Waals surface area contributed by atoms with Crippen LogP contribution in [0.3, 0.4) is 0 Å². The van der Waals surface area contributed by atoms with Crippen LogP contribution in [0.25, 0.3) is 0 Å². The van der Waals surface area contributed by atoms with E-state index in [1.54, 1.807) is 0 Å². The zero-order valence-corrected chi connectivity index (χ0v) is 19.0. The van der Waals surface area contributed by atoms with E-state index in [0.29, 0.717) is 0 Å². The number of carbonyl (C=O) groups excluding carboxylic acids is 3. The number of hydrazine groups is 1. The van der Waals surface area contributed by atoms with Gasteiger partial charge < -0.3 is 0 Å². The summed E-state index contributed by atoms with van der Waals surface area (Å²) in [7, 11) is 0. The molecule has 0 radical (unpaired) electrons. The molecule has 0 unspecified atom stereocenters. The number of hydrogen-bond donors (Lipinski definition) is 0. The number of imide groups is 1. The van der Waals surface area contributed by atoms with Crippen LogP contribution in [0.1, 0.15) is 35.2 Å². The van der Waals surface area contributed by atoms with Crippen molar-refractivity contribution in [3.8, 4) is 0 Å². The van der Waals surface area contributed by atoms with Crippen molar-refractivity contribution in [1.29, 1.82) is 0 Å². The van der Waals surface area contributed by atoms with Crippen molar-refractivity contribution in [3.05, 3.63) is 78.8 Å². The molecular formula is C23H19ClN4O7. The molecule has 3 amide bonds. The van der Waals surface area contributed by atoms with Crippen LogP contribution in [0.4, 0.5) is 11.4 Å². The lowest BCUT2D eigenvalue weighted by atomic mass is 9.81. The summed E-state index contributed by atoms with van der Waals surface area (Å²) in [5.74, 6) is -2.81. The largest absolute Gasteiger partial charge is 0.275 e. The molecule has 1 saturated heterocycles. The fourth-order valence-corrected chi connectivity index (χ4v) is 5.93. The maximum atomic E-state index is 13.6. The fraction of sp³-hybridized carbons (Fsp3) is 0.348. The molecule has 2 bridgehead atoms. The number of fused-ring (bicyclic) bond motifs is 5. The third-order valence-electron chi connectivity index (χ3n) is 7.25. The SMILES string of the molecule is O=C(c1cccc([N+](=O)[O-])c1)N(Cc1ccc(Cl)cc1[N+](=O)[O-])N1C(=O)[C@H]2[C@H]3CC[C@@H](C3)[C@@H]2C1=O. The quantitative estimate of drug-likeness (QED) is 0.335. The Morgan fingerprint density at radius 2 is 1.66 bits per heavy atom. The number of non-ortho nitro benzene ring substituents is 1. The lowest BCUT2D eigenvalue weighted by Gasteiger charge is -2.31. The van der Waals surface area contributed by atoms with Crippen LogP contribution in [0.5, 0.6) is 0 Å². The van der Waals surface area contributed by atoms with Crippen molar-refractivity contribution in [2.45, 2.75) is 25.8 Å². The first-order chi connectivity index (χ1) is 16.7. The number of benzene rings is 2. The van der Waals surface area contributed by atoms with Gasteiger partial charge >= 0.3 is 0 Å². The third-order valence-corrected chi connectivity index (χ3v) is 7.48. The van der Waals surface area contributed by atoms with Gasteiger partial charge in [-0.05, 0) is 49.3 Å². The molecule has 180 valence electrons. The van der Waals surface area contributed by atoms with Gasteiger partial charge in [0.05, 0.1) is 33.8 Å². The van der Waals surface area contributed by atoms with Crippen molar-refractivity contribution in [3.63, 3.8) is 0 Å². The minimum absolute atomic E-state index is 0.0545. The Morgan fingerprint density at radius 1 is 1.00 bits per heavy atom. The van der Waals surface area contributed by atoms with Gasteiger partial charge in [0, 0.05) is 28.8 Å². The van der Waals surface area contributed by atoms with E-state index in [0.717, 1.165) is 41.4 Å². The number of hydrogen-bond acceptors (Lipinski definition) is 7. The van der Waals surface area contributed by atoms with E-state index >= 15 is 0 Å². The molecule has 1 aliphatic heterocycles. The molecule has 12 heteroatoms. The molecule has 0 spiro atoms. The second-order valence-corrected chi connectivity index (χ2v) is 9.51. The van der Waals surface area contributed by atoms with E-state index in [4.69, 9.17) is 11.6 Å². The Morgan fingerprint density at radius 3 is 2.26 bits per heavy atom. The number of carbonyl (C=O) groups is 3.